The van der Waals surface area contributed by atoms with Gasteiger partial charge in [0.15, 0.2) is 0 Å². The first-order chi connectivity index (χ1) is 28.6. The van der Waals surface area contributed by atoms with Crippen LogP contribution < -0.4 is 0 Å². The first-order valence-corrected chi connectivity index (χ1v) is 20.4. The van der Waals surface area contributed by atoms with E-state index in [0.717, 1.165) is 62.5 Å². The summed E-state index contributed by atoms with van der Waals surface area (Å²) >= 11 is 0. The molecule has 0 bridgehead atoms. The topological polar surface area (TPSA) is 66.3 Å². The molecule has 5 heterocycles. The Kier molecular flexibility index (Phi) is 7.70. The van der Waals surface area contributed by atoms with Crippen molar-refractivity contribution in [2.45, 2.75) is 51.9 Å². The van der Waals surface area contributed by atoms with Gasteiger partial charge in [-0.25, -0.2) is 19.9 Å². The van der Waals surface area contributed by atoms with Gasteiger partial charge in [0.2, 0.25) is 5.95 Å². The zero-order valence-corrected chi connectivity index (χ0v) is 33.8. The maximum absolute atomic E-state index is 5.32. The molecule has 0 aliphatic carbocycles. The summed E-state index contributed by atoms with van der Waals surface area (Å²) in [6.45, 7) is 11.1. The molecule has 7 nitrogen and oxygen atoms in total. The van der Waals surface area contributed by atoms with Crippen LogP contribution in [0.4, 0.5) is 0 Å². The van der Waals surface area contributed by atoms with Crippen LogP contribution in [0.15, 0.2) is 158 Å². The van der Waals surface area contributed by atoms with E-state index >= 15 is 0 Å². The lowest BCUT2D eigenvalue weighted by molar-refractivity contribution is 0.518. The number of fused-ring (bicyclic) bond motifs is 9. The normalized spacial score (nSPS) is 12.6. The summed E-state index contributed by atoms with van der Waals surface area (Å²) in [5.41, 5.74) is 8.51. The number of hydrogen-bond donors (Lipinski definition) is 0. The highest BCUT2D eigenvalue weighted by atomic mass is 15.2. The van der Waals surface area contributed by atoms with Gasteiger partial charge in [0.25, 0.3) is 0 Å². The molecule has 6 aromatic carbocycles. The zero-order chi connectivity index (χ0) is 40.0. The minimum atomic E-state index is -0.285. The number of aromatic nitrogens is 7. The van der Waals surface area contributed by atoms with Crippen LogP contribution in [-0.4, -0.2) is 33.6 Å². The standard InChI is InChI=1S/C52H43N7/c1-51(2,3)49-55-47(57-41-21-11-6-16-35(41)36-17-7-12-22-42(36)57)29-48(56-49)58-43-23-13-10-20-39(43)40-28-33(26-27-46(40)58)30-52(4,5)34-31-53-50(54-32-34)59-44-24-14-8-18-37(44)38-19-9-15-25-45(38)59/h6-29,31-32H,30H2,1-5H3. The fraction of sp³-hybridized carbons (Fsp3) is 0.154. The number of hydrogen-bond acceptors (Lipinski definition) is 4. The largest absolute Gasteiger partial charge is 0.294 e. The molecule has 0 fully saturated rings. The summed E-state index contributed by atoms with van der Waals surface area (Å²) < 4.78 is 6.77. The first-order valence-electron chi connectivity index (χ1n) is 20.4. The Morgan fingerprint density at radius 2 is 0.814 bits per heavy atom. The highest BCUT2D eigenvalue weighted by molar-refractivity contribution is 6.11. The highest BCUT2D eigenvalue weighted by Gasteiger charge is 2.26. The van der Waals surface area contributed by atoms with Crippen LogP contribution in [0.25, 0.3) is 83.0 Å². The molecule has 11 aromatic rings. The van der Waals surface area contributed by atoms with Gasteiger partial charge in [-0.1, -0.05) is 132 Å². The Labute approximate surface area is 342 Å². The Morgan fingerprint density at radius 1 is 0.424 bits per heavy atom. The maximum atomic E-state index is 5.32. The van der Waals surface area contributed by atoms with Crippen molar-refractivity contribution >= 4 is 65.4 Å². The Bertz CT molecular complexity index is 3320. The summed E-state index contributed by atoms with van der Waals surface area (Å²) in [5.74, 6) is 3.17. The van der Waals surface area contributed by atoms with Gasteiger partial charge in [-0.15, -0.1) is 0 Å². The smallest absolute Gasteiger partial charge is 0.234 e. The van der Waals surface area contributed by atoms with E-state index in [2.05, 4.69) is 194 Å². The van der Waals surface area contributed by atoms with Crippen LogP contribution in [0.3, 0.4) is 0 Å². The Balaban J connectivity index is 1.00. The summed E-state index contributed by atoms with van der Waals surface area (Å²) in [4.78, 5) is 20.5. The lowest BCUT2D eigenvalue weighted by Gasteiger charge is -2.25. The monoisotopic (exact) mass is 765 g/mol. The second-order valence-corrected chi connectivity index (χ2v) is 17.4. The quantitative estimate of drug-likeness (QED) is 0.169. The molecular formula is C52H43N7. The molecule has 0 N–H and O–H groups in total. The van der Waals surface area contributed by atoms with Gasteiger partial charge in [-0.05, 0) is 65.4 Å². The second-order valence-electron chi connectivity index (χ2n) is 17.4. The molecule has 0 saturated heterocycles. The maximum Gasteiger partial charge on any atom is 0.234 e. The van der Waals surface area contributed by atoms with Crippen molar-refractivity contribution in [1.82, 2.24) is 33.6 Å². The molecule has 0 spiro atoms. The lowest BCUT2D eigenvalue weighted by atomic mass is 9.80. The molecule has 7 heteroatoms. The number of nitrogens with zero attached hydrogens (tertiary/aromatic N) is 7. The fourth-order valence-electron chi connectivity index (χ4n) is 9.07. The molecule has 0 aliphatic heterocycles. The van der Waals surface area contributed by atoms with Crippen molar-refractivity contribution in [3.63, 3.8) is 0 Å². The van der Waals surface area contributed by atoms with Crippen LogP contribution in [0.5, 0.6) is 0 Å². The van der Waals surface area contributed by atoms with Gasteiger partial charge in [-0.2, -0.15) is 0 Å². The van der Waals surface area contributed by atoms with E-state index in [1.165, 1.54) is 37.9 Å². The van der Waals surface area contributed by atoms with Gasteiger partial charge in [-0.3, -0.25) is 13.7 Å². The molecule has 5 aromatic heterocycles. The van der Waals surface area contributed by atoms with E-state index in [1.807, 2.05) is 12.4 Å². The van der Waals surface area contributed by atoms with E-state index in [9.17, 15) is 0 Å². The Morgan fingerprint density at radius 3 is 1.25 bits per heavy atom. The molecule has 11 rings (SSSR count). The third kappa shape index (κ3) is 5.56. The van der Waals surface area contributed by atoms with Gasteiger partial charge in [0.1, 0.15) is 17.5 Å². The molecule has 0 unspecified atom stereocenters. The van der Waals surface area contributed by atoms with Crippen molar-refractivity contribution in [1.29, 1.82) is 0 Å². The molecule has 286 valence electrons. The van der Waals surface area contributed by atoms with Crippen molar-refractivity contribution in [2.75, 3.05) is 0 Å². The summed E-state index contributed by atoms with van der Waals surface area (Å²) in [7, 11) is 0. The van der Waals surface area contributed by atoms with Crippen LogP contribution >= 0.6 is 0 Å². The van der Waals surface area contributed by atoms with Crippen LogP contribution in [0.1, 0.15) is 51.6 Å². The first kappa shape index (κ1) is 35.1. The third-order valence-corrected chi connectivity index (χ3v) is 12.0. The van der Waals surface area contributed by atoms with E-state index in [-0.39, 0.29) is 10.8 Å². The molecule has 0 atom stereocenters. The van der Waals surface area contributed by atoms with E-state index in [4.69, 9.17) is 19.9 Å². The zero-order valence-electron chi connectivity index (χ0n) is 33.8. The molecular weight excluding hydrogens is 723 g/mol. The van der Waals surface area contributed by atoms with E-state index in [0.29, 0.717) is 5.95 Å². The highest BCUT2D eigenvalue weighted by Crippen LogP contribution is 2.38. The summed E-state index contributed by atoms with van der Waals surface area (Å²) in [6, 6.07) is 51.8. The van der Waals surface area contributed by atoms with Crippen LogP contribution in [-0.2, 0) is 17.3 Å². The van der Waals surface area contributed by atoms with E-state index < -0.39 is 0 Å². The Hall–Kier alpha value is -7.12. The fourth-order valence-corrected chi connectivity index (χ4v) is 9.07. The van der Waals surface area contributed by atoms with Gasteiger partial charge in [0.05, 0.1) is 33.1 Å². The lowest BCUT2D eigenvalue weighted by Crippen LogP contribution is -2.21. The molecule has 0 radical (unpaired) electrons. The average Bonchev–Trinajstić information content (AvgIpc) is 3.89. The third-order valence-electron chi connectivity index (χ3n) is 12.0. The summed E-state index contributed by atoms with van der Waals surface area (Å²) in [6.07, 6.45) is 4.83. The minimum Gasteiger partial charge on any atom is -0.294 e. The van der Waals surface area contributed by atoms with Crippen molar-refractivity contribution in [3.8, 4) is 17.6 Å². The predicted molar refractivity (Wildman–Crippen MR) is 243 cm³/mol. The second kappa shape index (κ2) is 12.9. The van der Waals surface area contributed by atoms with Crippen LogP contribution in [0.2, 0.25) is 0 Å². The molecule has 59 heavy (non-hydrogen) atoms. The summed E-state index contributed by atoms with van der Waals surface area (Å²) in [5, 5.41) is 7.20. The molecule has 0 aliphatic rings. The van der Waals surface area contributed by atoms with Crippen molar-refractivity contribution in [2.24, 2.45) is 0 Å². The number of benzene rings is 6. The number of para-hydroxylation sites is 5. The van der Waals surface area contributed by atoms with Crippen LogP contribution in [0, 0.1) is 0 Å². The minimum absolute atomic E-state index is 0.225. The van der Waals surface area contributed by atoms with Gasteiger partial charge in [0, 0.05) is 56.2 Å². The molecule has 0 saturated carbocycles. The average molecular weight is 766 g/mol. The molecule has 0 amide bonds. The van der Waals surface area contributed by atoms with Crippen molar-refractivity contribution in [3.05, 3.63) is 175 Å². The van der Waals surface area contributed by atoms with Crippen molar-refractivity contribution < 1.29 is 0 Å². The van der Waals surface area contributed by atoms with E-state index in [1.54, 1.807) is 0 Å². The van der Waals surface area contributed by atoms with Gasteiger partial charge >= 0.3 is 0 Å². The van der Waals surface area contributed by atoms with Gasteiger partial charge < -0.3 is 0 Å². The number of rotatable bonds is 6. The predicted octanol–water partition coefficient (Wildman–Crippen LogP) is 12.4. The SMILES string of the molecule is CC(C)(C)c1nc(-n2c3ccccc3c3ccccc32)cc(-n2c3ccccc3c3cc(CC(C)(C)c4cnc(-n5c6ccccc6c6ccccc65)nc4)ccc32)n1.